The number of nitrogens with zero attached hydrogens (tertiary/aromatic N) is 1. The van der Waals surface area contributed by atoms with E-state index < -0.39 is 0 Å². The molecule has 0 aliphatic carbocycles. The summed E-state index contributed by atoms with van der Waals surface area (Å²) in [6, 6.07) is 7.48. The van der Waals surface area contributed by atoms with E-state index in [-0.39, 0.29) is 5.60 Å². The Labute approximate surface area is 101 Å². The summed E-state index contributed by atoms with van der Waals surface area (Å²) in [7, 11) is 1.62. The maximum atomic E-state index is 8.87. The Morgan fingerprint density at radius 3 is 2.76 bits per heavy atom. The van der Waals surface area contributed by atoms with Gasteiger partial charge in [0.2, 0.25) is 0 Å². The molecule has 4 nitrogen and oxygen atoms in total. The molecule has 1 aromatic carbocycles. The maximum absolute atomic E-state index is 8.87. The normalized spacial score (nSPS) is 17.0. The molecule has 1 fully saturated rings. The van der Waals surface area contributed by atoms with Gasteiger partial charge in [-0.2, -0.15) is 5.26 Å². The lowest BCUT2D eigenvalue weighted by molar-refractivity contribution is -0.0771. The predicted molar refractivity (Wildman–Crippen MR) is 63.8 cm³/mol. The number of rotatable bonds is 4. The number of nitrogens with one attached hydrogen (secondary N) is 1. The minimum absolute atomic E-state index is 0.0896. The third-order valence-corrected chi connectivity index (χ3v) is 2.98. The van der Waals surface area contributed by atoms with E-state index in [9.17, 15) is 0 Å². The fraction of sp³-hybridized carbons (Fsp3) is 0.462. The molecule has 0 bridgehead atoms. The van der Waals surface area contributed by atoms with Crippen LogP contribution in [0.4, 0.5) is 0 Å². The smallest absolute Gasteiger partial charge is 0.124 e. The molecule has 1 heterocycles. The first-order valence-electron chi connectivity index (χ1n) is 5.58. The molecule has 17 heavy (non-hydrogen) atoms. The average Bonchev–Trinajstić information content (AvgIpc) is 2.33. The number of benzene rings is 1. The molecule has 0 unspecified atom stereocenters. The minimum atomic E-state index is -0.0896. The fourth-order valence-corrected chi connectivity index (χ4v) is 1.79. The molecule has 4 heteroatoms. The van der Waals surface area contributed by atoms with Gasteiger partial charge in [-0.15, -0.1) is 0 Å². The molecule has 0 spiro atoms. The summed E-state index contributed by atoms with van der Waals surface area (Å²) in [5, 5.41) is 12.0. The topological polar surface area (TPSA) is 54.3 Å². The van der Waals surface area contributed by atoms with E-state index in [1.807, 2.05) is 6.07 Å². The lowest BCUT2D eigenvalue weighted by atomic mass is 10.00. The predicted octanol–water partition coefficient (Wildman–Crippen LogP) is 1.45. The van der Waals surface area contributed by atoms with Crippen LogP contribution in [0.25, 0.3) is 0 Å². The molecular weight excluding hydrogens is 216 g/mol. The van der Waals surface area contributed by atoms with Crippen LogP contribution in [0.15, 0.2) is 18.2 Å². The number of hydrogen-bond donors (Lipinski definition) is 1. The Balaban J connectivity index is 2.10. The lowest BCUT2D eigenvalue weighted by Gasteiger charge is -2.39. The van der Waals surface area contributed by atoms with Crippen LogP contribution in [0.2, 0.25) is 0 Å². The highest BCUT2D eigenvalue weighted by molar-refractivity contribution is 5.41. The van der Waals surface area contributed by atoms with Crippen molar-refractivity contribution in [2.24, 2.45) is 0 Å². The molecule has 0 aromatic heterocycles. The molecule has 2 rings (SSSR count). The maximum Gasteiger partial charge on any atom is 0.124 e. The molecule has 1 saturated heterocycles. The summed E-state index contributed by atoms with van der Waals surface area (Å²) in [4.78, 5) is 0. The van der Waals surface area contributed by atoms with Gasteiger partial charge < -0.3 is 14.8 Å². The number of ether oxygens (including phenoxy) is 2. The van der Waals surface area contributed by atoms with Crippen molar-refractivity contribution in [2.75, 3.05) is 20.2 Å². The molecule has 90 valence electrons. The van der Waals surface area contributed by atoms with Crippen LogP contribution in [0.3, 0.4) is 0 Å². The zero-order valence-electron chi connectivity index (χ0n) is 10.1. The highest BCUT2D eigenvalue weighted by Crippen LogP contribution is 2.24. The van der Waals surface area contributed by atoms with Gasteiger partial charge in [0.15, 0.2) is 0 Å². The van der Waals surface area contributed by atoms with Crippen LogP contribution in [-0.2, 0) is 11.3 Å². The number of methoxy groups -OCH3 is 1. The second kappa shape index (κ2) is 4.74. The third kappa shape index (κ3) is 2.57. The van der Waals surface area contributed by atoms with Crippen molar-refractivity contribution in [3.63, 3.8) is 0 Å². The first-order valence-corrected chi connectivity index (χ1v) is 5.58. The van der Waals surface area contributed by atoms with Gasteiger partial charge in [0.1, 0.15) is 5.75 Å². The van der Waals surface area contributed by atoms with Gasteiger partial charge in [0.05, 0.1) is 31.0 Å². The zero-order chi connectivity index (χ0) is 12.3. The molecular formula is C13H16N2O2. The van der Waals surface area contributed by atoms with Crippen molar-refractivity contribution >= 4 is 0 Å². The van der Waals surface area contributed by atoms with E-state index in [0.717, 1.165) is 24.4 Å². The quantitative estimate of drug-likeness (QED) is 0.853. The lowest BCUT2D eigenvalue weighted by Crippen LogP contribution is -2.58. The van der Waals surface area contributed by atoms with Gasteiger partial charge in [0, 0.05) is 18.7 Å². The van der Waals surface area contributed by atoms with Gasteiger partial charge in [-0.25, -0.2) is 0 Å². The summed E-state index contributed by atoms with van der Waals surface area (Å²) in [5.41, 5.74) is 1.45. The Kier molecular flexibility index (Phi) is 3.32. The summed E-state index contributed by atoms with van der Waals surface area (Å²) in [6.07, 6.45) is 0. The summed E-state index contributed by atoms with van der Waals surface area (Å²) in [6.45, 7) is 4.28. The van der Waals surface area contributed by atoms with E-state index in [4.69, 9.17) is 14.7 Å². The van der Waals surface area contributed by atoms with E-state index in [1.165, 1.54) is 0 Å². The van der Waals surface area contributed by atoms with Crippen LogP contribution >= 0.6 is 0 Å². The van der Waals surface area contributed by atoms with Crippen molar-refractivity contribution in [2.45, 2.75) is 19.1 Å². The molecule has 0 amide bonds. The zero-order valence-corrected chi connectivity index (χ0v) is 10.1. The minimum Gasteiger partial charge on any atom is -0.496 e. The molecule has 1 aromatic rings. The first kappa shape index (κ1) is 11.9. The Bertz CT molecular complexity index is 447. The van der Waals surface area contributed by atoms with Crippen LogP contribution in [0, 0.1) is 11.3 Å². The van der Waals surface area contributed by atoms with Crippen molar-refractivity contribution < 1.29 is 9.47 Å². The van der Waals surface area contributed by atoms with Crippen molar-refractivity contribution in [3.05, 3.63) is 29.3 Å². The van der Waals surface area contributed by atoms with Crippen LogP contribution in [-0.4, -0.2) is 25.8 Å². The van der Waals surface area contributed by atoms with E-state index in [2.05, 4.69) is 18.3 Å². The molecule has 1 aliphatic heterocycles. The van der Waals surface area contributed by atoms with Gasteiger partial charge in [-0.3, -0.25) is 0 Å². The third-order valence-electron chi connectivity index (χ3n) is 2.98. The average molecular weight is 232 g/mol. The first-order chi connectivity index (χ1) is 8.17. The van der Waals surface area contributed by atoms with Gasteiger partial charge >= 0.3 is 0 Å². The fourth-order valence-electron chi connectivity index (χ4n) is 1.79. The monoisotopic (exact) mass is 232 g/mol. The largest absolute Gasteiger partial charge is 0.496 e. The SMILES string of the molecule is COc1ccc(C#N)cc1COC1(C)CNC1. The van der Waals surface area contributed by atoms with E-state index >= 15 is 0 Å². The summed E-state index contributed by atoms with van der Waals surface area (Å²) in [5.74, 6) is 0.764. The van der Waals surface area contributed by atoms with Crippen LogP contribution < -0.4 is 10.1 Å². The second-order valence-corrected chi connectivity index (χ2v) is 4.48. The Hall–Kier alpha value is -1.57. The highest BCUT2D eigenvalue weighted by atomic mass is 16.5. The highest BCUT2D eigenvalue weighted by Gasteiger charge is 2.32. The molecule has 1 aliphatic rings. The Morgan fingerprint density at radius 1 is 1.47 bits per heavy atom. The summed E-state index contributed by atoms with van der Waals surface area (Å²) < 4.78 is 11.1. The number of nitriles is 1. The molecule has 0 saturated carbocycles. The van der Waals surface area contributed by atoms with Crippen molar-refractivity contribution in [1.82, 2.24) is 5.32 Å². The van der Waals surface area contributed by atoms with Crippen molar-refractivity contribution in [3.8, 4) is 11.8 Å². The van der Waals surface area contributed by atoms with Crippen molar-refractivity contribution in [1.29, 1.82) is 5.26 Å². The van der Waals surface area contributed by atoms with E-state index in [1.54, 1.807) is 19.2 Å². The van der Waals surface area contributed by atoms with Crippen LogP contribution in [0.1, 0.15) is 18.1 Å². The molecule has 0 atom stereocenters. The standard InChI is InChI=1S/C13H16N2O2/c1-13(8-15-9-13)17-7-11-5-10(6-14)3-4-12(11)16-2/h3-5,15H,7-9H2,1-2H3. The molecule has 1 N–H and O–H groups in total. The van der Waals surface area contributed by atoms with Gasteiger partial charge in [0.25, 0.3) is 0 Å². The van der Waals surface area contributed by atoms with Gasteiger partial charge in [-0.1, -0.05) is 0 Å². The van der Waals surface area contributed by atoms with Crippen LogP contribution in [0.5, 0.6) is 5.75 Å². The molecule has 0 radical (unpaired) electrons. The second-order valence-electron chi connectivity index (χ2n) is 4.48. The van der Waals surface area contributed by atoms with E-state index in [0.29, 0.717) is 12.2 Å². The summed E-state index contributed by atoms with van der Waals surface area (Å²) >= 11 is 0. The van der Waals surface area contributed by atoms with Gasteiger partial charge in [-0.05, 0) is 25.1 Å². The Morgan fingerprint density at radius 2 is 2.24 bits per heavy atom. The number of hydrogen-bond acceptors (Lipinski definition) is 4.